The summed E-state index contributed by atoms with van der Waals surface area (Å²) in [5, 5.41) is 10.2. The van der Waals surface area contributed by atoms with Crippen molar-refractivity contribution in [2.24, 2.45) is 5.92 Å². The summed E-state index contributed by atoms with van der Waals surface area (Å²) in [5.74, 6) is 0.976. The Labute approximate surface area is 147 Å². The van der Waals surface area contributed by atoms with Crippen LogP contribution in [0.2, 0.25) is 0 Å². The maximum absolute atomic E-state index is 12.2. The molecule has 1 fully saturated rings. The molecule has 0 unspecified atom stereocenters. The summed E-state index contributed by atoms with van der Waals surface area (Å²) in [7, 11) is 0. The van der Waals surface area contributed by atoms with E-state index in [1.807, 2.05) is 43.3 Å². The summed E-state index contributed by atoms with van der Waals surface area (Å²) in [6.45, 7) is 3.07. The fourth-order valence-corrected chi connectivity index (χ4v) is 2.68. The van der Waals surface area contributed by atoms with Crippen molar-refractivity contribution < 1.29 is 9.59 Å². The molecule has 6 heteroatoms. The number of aryl methyl sites for hydroxylation is 1. The van der Waals surface area contributed by atoms with Crippen molar-refractivity contribution in [3.05, 3.63) is 47.7 Å². The lowest BCUT2D eigenvalue weighted by molar-refractivity contribution is -0.122. The van der Waals surface area contributed by atoms with Crippen LogP contribution in [0.5, 0.6) is 0 Å². The molecule has 3 rings (SSSR count). The molecule has 2 aromatic rings. The molecule has 0 saturated heterocycles. The van der Waals surface area contributed by atoms with E-state index in [1.54, 1.807) is 4.68 Å². The number of rotatable bonds is 8. The highest BCUT2D eigenvalue weighted by Crippen LogP contribution is 2.28. The van der Waals surface area contributed by atoms with Crippen LogP contribution in [0.4, 0.5) is 5.82 Å². The molecule has 6 nitrogen and oxygen atoms in total. The Bertz CT molecular complexity index is 735. The van der Waals surface area contributed by atoms with E-state index < -0.39 is 0 Å². The van der Waals surface area contributed by atoms with Gasteiger partial charge < -0.3 is 10.6 Å². The van der Waals surface area contributed by atoms with E-state index >= 15 is 0 Å². The molecule has 1 aromatic carbocycles. The van der Waals surface area contributed by atoms with Crippen LogP contribution in [0.25, 0.3) is 0 Å². The standard InChI is InChI=1S/C19H24N4O2/c1-14-12-17(23(22-14)13-15-6-3-2-4-7-15)21-18(24)8-5-11-20-19(25)16-9-10-16/h2-4,6-7,12,16H,5,8-11,13H2,1H3,(H,20,25)(H,21,24). The Morgan fingerprint density at radius 1 is 1.24 bits per heavy atom. The average molecular weight is 340 g/mol. The third kappa shape index (κ3) is 5.17. The second kappa shape index (κ2) is 7.96. The molecule has 0 aliphatic heterocycles. The molecule has 1 saturated carbocycles. The maximum atomic E-state index is 12.2. The van der Waals surface area contributed by atoms with Gasteiger partial charge in [0.2, 0.25) is 11.8 Å². The predicted molar refractivity (Wildman–Crippen MR) is 96.1 cm³/mol. The van der Waals surface area contributed by atoms with Crippen molar-refractivity contribution in [1.29, 1.82) is 0 Å². The molecule has 2 amide bonds. The third-order valence-electron chi connectivity index (χ3n) is 4.17. The fraction of sp³-hybridized carbons (Fsp3) is 0.421. The number of hydrogen-bond acceptors (Lipinski definition) is 3. The van der Waals surface area contributed by atoms with Gasteiger partial charge in [0.1, 0.15) is 5.82 Å². The van der Waals surface area contributed by atoms with Crippen LogP contribution in [-0.4, -0.2) is 28.1 Å². The van der Waals surface area contributed by atoms with Gasteiger partial charge in [-0.3, -0.25) is 9.59 Å². The van der Waals surface area contributed by atoms with Crippen molar-refractivity contribution in [3.8, 4) is 0 Å². The van der Waals surface area contributed by atoms with Gasteiger partial charge in [0.15, 0.2) is 0 Å². The predicted octanol–water partition coefficient (Wildman–Crippen LogP) is 2.48. The molecule has 1 heterocycles. The first-order valence-electron chi connectivity index (χ1n) is 8.78. The van der Waals surface area contributed by atoms with Crippen LogP contribution < -0.4 is 10.6 Å². The summed E-state index contributed by atoms with van der Waals surface area (Å²) < 4.78 is 1.80. The normalized spacial score (nSPS) is 13.5. The number of carbonyl (C=O) groups is 2. The number of nitrogens with one attached hydrogen (secondary N) is 2. The first kappa shape index (κ1) is 17.2. The van der Waals surface area contributed by atoms with E-state index in [1.165, 1.54) is 0 Å². The summed E-state index contributed by atoms with van der Waals surface area (Å²) in [5.41, 5.74) is 1.99. The zero-order chi connectivity index (χ0) is 17.6. The van der Waals surface area contributed by atoms with E-state index in [0.717, 1.165) is 24.1 Å². The van der Waals surface area contributed by atoms with Gasteiger partial charge in [-0.05, 0) is 31.7 Å². The van der Waals surface area contributed by atoms with Crippen LogP contribution in [0.15, 0.2) is 36.4 Å². The molecule has 0 bridgehead atoms. The Morgan fingerprint density at radius 2 is 2.00 bits per heavy atom. The summed E-state index contributed by atoms with van der Waals surface area (Å²) in [4.78, 5) is 23.7. The molecule has 132 valence electrons. The number of benzene rings is 1. The minimum atomic E-state index is -0.0603. The summed E-state index contributed by atoms with van der Waals surface area (Å²) >= 11 is 0. The highest BCUT2D eigenvalue weighted by molar-refractivity contribution is 5.90. The number of hydrogen-bond donors (Lipinski definition) is 2. The van der Waals surface area contributed by atoms with Crippen molar-refractivity contribution in [2.45, 2.75) is 39.2 Å². The molecule has 1 aromatic heterocycles. The molecule has 0 atom stereocenters. The van der Waals surface area contributed by atoms with Crippen molar-refractivity contribution >= 4 is 17.6 Å². The highest BCUT2D eigenvalue weighted by Gasteiger charge is 2.28. The lowest BCUT2D eigenvalue weighted by Gasteiger charge is -2.09. The van der Waals surface area contributed by atoms with Gasteiger partial charge in [0, 0.05) is 24.9 Å². The molecule has 2 N–H and O–H groups in total. The minimum Gasteiger partial charge on any atom is -0.356 e. The van der Waals surface area contributed by atoms with Crippen LogP contribution in [0.3, 0.4) is 0 Å². The lowest BCUT2D eigenvalue weighted by atomic mass is 10.2. The van der Waals surface area contributed by atoms with Crippen LogP contribution in [0.1, 0.15) is 36.9 Å². The van der Waals surface area contributed by atoms with Crippen LogP contribution in [-0.2, 0) is 16.1 Å². The largest absolute Gasteiger partial charge is 0.356 e. The van der Waals surface area contributed by atoms with Gasteiger partial charge in [-0.15, -0.1) is 0 Å². The second-order valence-electron chi connectivity index (χ2n) is 6.53. The molecule has 0 spiro atoms. The zero-order valence-corrected chi connectivity index (χ0v) is 14.5. The molecule has 1 aliphatic rings. The number of carbonyl (C=O) groups excluding carboxylic acids is 2. The second-order valence-corrected chi connectivity index (χ2v) is 6.53. The Morgan fingerprint density at radius 3 is 2.72 bits per heavy atom. The molecular formula is C19H24N4O2. The summed E-state index contributed by atoms with van der Waals surface area (Å²) in [6, 6.07) is 11.9. The van der Waals surface area contributed by atoms with Gasteiger partial charge in [-0.25, -0.2) is 4.68 Å². The fourth-order valence-electron chi connectivity index (χ4n) is 2.68. The number of amides is 2. The Balaban J connectivity index is 1.48. The SMILES string of the molecule is Cc1cc(NC(=O)CCCNC(=O)C2CC2)n(Cc2ccccc2)n1. The van der Waals surface area contributed by atoms with E-state index in [2.05, 4.69) is 15.7 Å². The Hall–Kier alpha value is -2.63. The van der Waals surface area contributed by atoms with Gasteiger partial charge in [-0.1, -0.05) is 30.3 Å². The van der Waals surface area contributed by atoms with Crippen molar-refractivity contribution in [2.75, 3.05) is 11.9 Å². The highest BCUT2D eigenvalue weighted by atomic mass is 16.2. The third-order valence-corrected chi connectivity index (χ3v) is 4.17. The zero-order valence-electron chi connectivity index (χ0n) is 14.5. The monoisotopic (exact) mass is 340 g/mol. The quantitative estimate of drug-likeness (QED) is 0.725. The van der Waals surface area contributed by atoms with Gasteiger partial charge in [-0.2, -0.15) is 5.10 Å². The maximum Gasteiger partial charge on any atom is 0.225 e. The first-order chi connectivity index (χ1) is 12.1. The first-order valence-corrected chi connectivity index (χ1v) is 8.78. The Kier molecular flexibility index (Phi) is 5.48. The summed E-state index contributed by atoms with van der Waals surface area (Å²) in [6.07, 6.45) is 3.00. The van der Waals surface area contributed by atoms with E-state index in [0.29, 0.717) is 31.7 Å². The number of anilines is 1. The number of nitrogens with zero attached hydrogens (tertiary/aromatic N) is 2. The van der Waals surface area contributed by atoms with Gasteiger partial charge in [0.05, 0.1) is 12.2 Å². The van der Waals surface area contributed by atoms with E-state index in [-0.39, 0.29) is 17.7 Å². The smallest absolute Gasteiger partial charge is 0.225 e. The molecular weight excluding hydrogens is 316 g/mol. The van der Waals surface area contributed by atoms with Gasteiger partial charge >= 0.3 is 0 Å². The van der Waals surface area contributed by atoms with Gasteiger partial charge in [0.25, 0.3) is 0 Å². The van der Waals surface area contributed by atoms with Crippen molar-refractivity contribution in [1.82, 2.24) is 15.1 Å². The van der Waals surface area contributed by atoms with E-state index in [4.69, 9.17) is 0 Å². The van der Waals surface area contributed by atoms with Crippen LogP contribution in [0, 0.1) is 12.8 Å². The van der Waals surface area contributed by atoms with Crippen LogP contribution >= 0.6 is 0 Å². The average Bonchev–Trinajstić information content (AvgIpc) is 3.38. The number of aromatic nitrogens is 2. The van der Waals surface area contributed by atoms with Crippen molar-refractivity contribution in [3.63, 3.8) is 0 Å². The van der Waals surface area contributed by atoms with E-state index in [9.17, 15) is 9.59 Å². The lowest BCUT2D eigenvalue weighted by Crippen LogP contribution is -2.26. The topological polar surface area (TPSA) is 76.0 Å². The molecule has 25 heavy (non-hydrogen) atoms. The minimum absolute atomic E-state index is 0.0603. The molecule has 0 radical (unpaired) electrons. The molecule has 1 aliphatic carbocycles.